The van der Waals surface area contributed by atoms with Gasteiger partial charge in [0.25, 0.3) is 0 Å². The number of hydrogen-bond acceptors (Lipinski definition) is 5. The number of hydrogen-bond donors (Lipinski definition) is 1. The van der Waals surface area contributed by atoms with Gasteiger partial charge in [-0.3, -0.25) is 4.79 Å². The number of rotatable bonds is 2. The van der Waals surface area contributed by atoms with Crippen LogP contribution in [0.2, 0.25) is 0 Å². The van der Waals surface area contributed by atoms with E-state index in [4.69, 9.17) is 9.84 Å². The van der Waals surface area contributed by atoms with Crippen LogP contribution in [0.3, 0.4) is 0 Å². The molecule has 1 aliphatic rings. The van der Waals surface area contributed by atoms with E-state index in [2.05, 4.69) is 0 Å². The third-order valence-electron chi connectivity index (χ3n) is 2.90. The van der Waals surface area contributed by atoms with Gasteiger partial charge in [0, 0.05) is 0 Å². The Hall–Kier alpha value is -2.35. The molecule has 0 aromatic heterocycles. The van der Waals surface area contributed by atoms with E-state index in [0.717, 1.165) is 10.3 Å². The van der Waals surface area contributed by atoms with Crippen molar-refractivity contribution in [2.45, 2.75) is 37.7 Å². The Labute approximate surface area is 134 Å². The molecule has 1 amide bonds. The molecule has 0 saturated heterocycles. The minimum atomic E-state index is -3.82. The summed E-state index contributed by atoms with van der Waals surface area (Å²) in [5, 5.41) is 9.80. The summed E-state index contributed by atoms with van der Waals surface area (Å²) in [5.74, 6) is -1.25. The van der Waals surface area contributed by atoms with Gasteiger partial charge in [-0.1, -0.05) is 12.1 Å². The zero-order valence-corrected chi connectivity index (χ0v) is 13.8. The van der Waals surface area contributed by atoms with Gasteiger partial charge < -0.3 is 9.84 Å². The fourth-order valence-corrected chi connectivity index (χ4v) is 3.52. The SMILES string of the molecule is CC(C)(C)OC(=O)N1C(CC(=O)O)=CS(=O)(=O)c2ccccc21. The van der Waals surface area contributed by atoms with Gasteiger partial charge in [0.2, 0.25) is 9.84 Å². The Bertz CT molecular complexity index is 788. The maximum absolute atomic E-state index is 12.5. The van der Waals surface area contributed by atoms with Gasteiger partial charge in [0.1, 0.15) is 5.60 Å². The number of carbonyl (C=O) groups excluding carboxylic acids is 1. The topological polar surface area (TPSA) is 101 Å². The van der Waals surface area contributed by atoms with E-state index in [9.17, 15) is 18.0 Å². The zero-order chi connectivity index (χ0) is 17.4. The highest BCUT2D eigenvalue weighted by Gasteiger charge is 2.35. The molecule has 7 nitrogen and oxygen atoms in total. The third-order valence-corrected chi connectivity index (χ3v) is 4.44. The van der Waals surface area contributed by atoms with Crippen LogP contribution in [0.25, 0.3) is 0 Å². The lowest BCUT2D eigenvalue weighted by Crippen LogP contribution is -2.39. The highest BCUT2D eigenvalue weighted by atomic mass is 32.2. The Morgan fingerprint density at radius 3 is 2.39 bits per heavy atom. The Kier molecular flexibility index (Phi) is 4.21. The van der Waals surface area contributed by atoms with E-state index in [1.54, 1.807) is 26.8 Å². The van der Waals surface area contributed by atoms with Crippen molar-refractivity contribution in [3.63, 3.8) is 0 Å². The monoisotopic (exact) mass is 339 g/mol. The number of carbonyl (C=O) groups is 2. The molecule has 1 heterocycles. The first kappa shape index (κ1) is 17.0. The molecule has 23 heavy (non-hydrogen) atoms. The Morgan fingerprint density at radius 2 is 1.83 bits per heavy atom. The second kappa shape index (κ2) is 5.69. The largest absolute Gasteiger partial charge is 0.481 e. The van der Waals surface area contributed by atoms with Gasteiger partial charge in [-0.25, -0.2) is 18.1 Å². The minimum absolute atomic E-state index is 0.0694. The highest BCUT2D eigenvalue weighted by molar-refractivity contribution is 7.94. The molecule has 124 valence electrons. The van der Waals surface area contributed by atoms with Gasteiger partial charge in [0.05, 0.1) is 28.1 Å². The van der Waals surface area contributed by atoms with Crippen molar-refractivity contribution in [2.75, 3.05) is 4.90 Å². The van der Waals surface area contributed by atoms with E-state index >= 15 is 0 Å². The van der Waals surface area contributed by atoms with Crippen LogP contribution in [-0.2, 0) is 19.4 Å². The lowest BCUT2D eigenvalue weighted by molar-refractivity contribution is -0.136. The zero-order valence-electron chi connectivity index (χ0n) is 12.9. The summed E-state index contributed by atoms with van der Waals surface area (Å²) in [6.45, 7) is 4.99. The lowest BCUT2D eigenvalue weighted by Gasteiger charge is -2.31. The van der Waals surface area contributed by atoms with E-state index in [-0.39, 0.29) is 16.3 Å². The fraction of sp³-hybridized carbons (Fsp3) is 0.333. The number of carboxylic acid groups (broad SMARTS) is 1. The minimum Gasteiger partial charge on any atom is -0.481 e. The van der Waals surface area contributed by atoms with Gasteiger partial charge in [0.15, 0.2) is 0 Å². The molecule has 2 rings (SSSR count). The number of nitrogens with zero attached hydrogens (tertiary/aromatic N) is 1. The molecule has 0 aliphatic carbocycles. The number of ether oxygens (including phenoxy) is 1. The maximum Gasteiger partial charge on any atom is 0.419 e. The van der Waals surface area contributed by atoms with Gasteiger partial charge in [-0.15, -0.1) is 0 Å². The summed E-state index contributed by atoms with van der Waals surface area (Å²) in [5.41, 5.74) is -0.887. The number of carboxylic acids is 1. The quantitative estimate of drug-likeness (QED) is 0.888. The summed E-state index contributed by atoms with van der Waals surface area (Å²) >= 11 is 0. The predicted octanol–water partition coefficient (Wildman–Crippen LogP) is 2.53. The molecule has 0 radical (unpaired) electrons. The summed E-state index contributed by atoms with van der Waals surface area (Å²) in [7, 11) is -3.82. The lowest BCUT2D eigenvalue weighted by atomic mass is 10.2. The van der Waals surface area contributed by atoms with Crippen LogP contribution >= 0.6 is 0 Å². The second-order valence-corrected chi connectivity index (χ2v) is 7.77. The van der Waals surface area contributed by atoms with Crippen molar-refractivity contribution in [1.29, 1.82) is 0 Å². The molecule has 0 atom stereocenters. The Balaban J connectivity index is 2.59. The molecule has 1 aromatic rings. The molecule has 1 aliphatic heterocycles. The van der Waals surface area contributed by atoms with Crippen LogP contribution in [0.5, 0.6) is 0 Å². The molecular formula is C15H17NO6S. The molecule has 8 heteroatoms. The van der Waals surface area contributed by atoms with Crippen LogP contribution in [0.4, 0.5) is 10.5 Å². The standard InChI is InChI=1S/C15H17NO6S/c1-15(2,3)22-14(19)16-10(8-13(17)18)9-23(20,21)12-7-5-4-6-11(12)16/h4-7,9H,8H2,1-3H3,(H,17,18). The molecule has 1 aromatic carbocycles. The smallest absolute Gasteiger partial charge is 0.419 e. The van der Waals surface area contributed by atoms with Crippen LogP contribution in [-0.4, -0.2) is 31.2 Å². The summed E-state index contributed by atoms with van der Waals surface area (Å²) in [6.07, 6.45) is -1.44. The number of benzene rings is 1. The van der Waals surface area contributed by atoms with E-state index in [0.29, 0.717) is 0 Å². The van der Waals surface area contributed by atoms with Crippen molar-refractivity contribution in [3.8, 4) is 0 Å². The average Bonchev–Trinajstić information content (AvgIpc) is 2.35. The fourth-order valence-electron chi connectivity index (χ4n) is 2.13. The number of para-hydroxylation sites is 1. The molecule has 0 saturated carbocycles. The van der Waals surface area contributed by atoms with Crippen molar-refractivity contribution < 1.29 is 27.9 Å². The maximum atomic E-state index is 12.5. The summed E-state index contributed by atoms with van der Waals surface area (Å²) < 4.78 is 29.8. The van der Waals surface area contributed by atoms with Crippen molar-refractivity contribution in [2.24, 2.45) is 0 Å². The second-order valence-electron chi connectivity index (χ2n) is 6.01. The molecule has 0 unspecified atom stereocenters. The van der Waals surface area contributed by atoms with Crippen LogP contribution < -0.4 is 4.90 Å². The first-order valence-electron chi connectivity index (χ1n) is 6.81. The summed E-state index contributed by atoms with van der Waals surface area (Å²) in [6, 6.07) is 5.89. The molecule has 0 spiro atoms. The predicted molar refractivity (Wildman–Crippen MR) is 82.7 cm³/mol. The Morgan fingerprint density at radius 1 is 1.22 bits per heavy atom. The van der Waals surface area contributed by atoms with Crippen molar-refractivity contribution in [3.05, 3.63) is 35.4 Å². The normalized spacial score (nSPS) is 16.3. The first-order valence-corrected chi connectivity index (χ1v) is 8.35. The summed E-state index contributed by atoms with van der Waals surface area (Å²) in [4.78, 5) is 24.4. The van der Waals surface area contributed by atoms with Crippen molar-refractivity contribution >= 4 is 27.6 Å². The number of anilines is 1. The van der Waals surface area contributed by atoms with Gasteiger partial charge in [-0.05, 0) is 32.9 Å². The number of sulfone groups is 1. The molecule has 0 fully saturated rings. The van der Waals surface area contributed by atoms with E-state index in [1.807, 2.05) is 0 Å². The highest BCUT2D eigenvalue weighted by Crippen LogP contribution is 2.36. The van der Waals surface area contributed by atoms with Crippen LogP contribution in [0, 0.1) is 0 Å². The first-order chi connectivity index (χ1) is 10.5. The average molecular weight is 339 g/mol. The van der Waals surface area contributed by atoms with Crippen LogP contribution in [0.1, 0.15) is 27.2 Å². The number of aliphatic carboxylic acids is 1. The molecule has 0 bridgehead atoms. The van der Waals surface area contributed by atoms with Gasteiger partial charge in [-0.2, -0.15) is 0 Å². The van der Waals surface area contributed by atoms with Crippen molar-refractivity contribution in [1.82, 2.24) is 0 Å². The number of fused-ring (bicyclic) bond motifs is 1. The number of amides is 1. The van der Waals surface area contributed by atoms with Crippen LogP contribution in [0.15, 0.2) is 40.3 Å². The molecule has 1 N–H and O–H groups in total. The van der Waals surface area contributed by atoms with Gasteiger partial charge >= 0.3 is 12.1 Å². The van der Waals surface area contributed by atoms with E-state index < -0.39 is 33.9 Å². The third kappa shape index (κ3) is 3.70. The molecular weight excluding hydrogens is 322 g/mol. The van der Waals surface area contributed by atoms with E-state index in [1.165, 1.54) is 18.2 Å².